The van der Waals surface area contributed by atoms with E-state index in [1.54, 1.807) is 12.4 Å². The summed E-state index contributed by atoms with van der Waals surface area (Å²) in [5.41, 5.74) is 6.23. The van der Waals surface area contributed by atoms with Crippen LogP contribution >= 0.6 is 0 Å². The minimum absolute atomic E-state index is 0.257. The largest absolute Gasteiger partial charge is 0.350 e. The molecule has 90 valence electrons. The highest BCUT2D eigenvalue weighted by Gasteiger charge is 2.29. The first-order valence-corrected chi connectivity index (χ1v) is 5.95. The van der Waals surface area contributed by atoms with E-state index in [0.717, 1.165) is 13.0 Å². The number of hydrogen-bond acceptors (Lipinski definition) is 5. The summed E-state index contributed by atoms with van der Waals surface area (Å²) >= 11 is 0. The first-order chi connectivity index (χ1) is 8.27. The predicted molar refractivity (Wildman–Crippen MR) is 65.3 cm³/mol. The van der Waals surface area contributed by atoms with Crippen LogP contribution in [0.4, 0.5) is 5.82 Å². The van der Waals surface area contributed by atoms with Gasteiger partial charge in [0.2, 0.25) is 0 Å². The highest BCUT2D eigenvalue weighted by molar-refractivity contribution is 5.50. The van der Waals surface area contributed by atoms with Gasteiger partial charge in [-0.05, 0) is 18.8 Å². The summed E-state index contributed by atoms with van der Waals surface area (Å²) in [6.07, 6.45) is 5.47. The van der Waals surface area contributed by atoms with Crippen LogP contribution < -0.4 is 10.6 Å². The maximum atomic E-state index is 9.06. The Hall–Kier alpha value is -1.67. The van der Waals surface area contributed by atoms with Crippen molar-refractivity contribution in [3.8, 4) is 6.07 Å². The van der Waals surface area contributed by atoms with Gasteiger partial charge in [-0.1, -0.05) is 6.92 Å². The number of nitrogens with zero attached hydrogens (tertiary/aromatic N) is 4. The normalized spacial score (nSPS) is 24.4. The molecule has 2 N–H and O–H groups in total. The van der Waals surface area contributed by atoms with Crippen LogP contribution in [0.3, 0.4) is 0 Å². The molecule has 0 aromatic carbocycles. The highest BCUT2D eigenvalue weighted by atomic mass is 15.2. The fourth-order valence-electron chi connectivity index (χ4n) is 2.49. The Morgan fingerprint density at radius 2 is 2.29 bits per heavy atom. The zero-order valence-electron chi connectivity index (χ0n) is 10.0. The highest BCUT2D eigenvalue weighted by Crippen LogP contribution is 2.27. The first kappa shape index (κ1) is 11.8. The number of aromatic nitrogens is 2. The van der Waals surface area contributed by atoms with Crippen LogP contribution in [0.1, 0.15) is 25.5 Å². The second-order valence-corrected chi connectivity index (χ2v) is 4.46. The van der Waals surface area contributed by atoms with E-state index in [0.29, 0.717) is 24.0 Å². The Morgan fingerprint density at radius 3 is 3.00 bits per heavy atom. The molecule has 0 amide bonds. The lowest BCUT2D eigenvalue weighted by Gasteiger charge is -2.40. The molecule has 5 nitrogen and oxygen atoms in total. The molecule has 1 aliphatic heterocycles. The van der Waals surface area contributed by atoms with Crippen molar-refractivity contribution in [1.82, 2.24) is 9.97 Å². The standard InChI is InChI=1S/C12H17N5/c1-9-3-2-6-17(11(9)8-14)12-10(7-13)15-4-5-16-12/h4-5,9,11H,2-3,6,8,14H2,1H3. The summed E-state index contributed by atoms with van der Waals surface area (Å²) < 4.78 is 0. The molecule has 5 heteroatoms. The minimum atomic E-state index is 0.257. The van der Waals surface area contributed by atoms with Gasteiger partial charge in [-0.15, -0.1) is 0 Å². The maximum absolute atomic E-state index is 9.06. The number of rotatable bonds is 2. The number of nitrogens with two attached hydrogens (primary N) is 1. The van der Waals surface area contributed by atoms with E-state index in [1.165, 1.54) is 6.42 Å². The van der Waals surface area contributed by atoms with Gasteiger partial charge in [0.1, 0.15) is 6.07 Å². The molecule has 1 aliphatic rings. The van der Waals surface area contributed by atoms with Gasteiger partial charge in [0.05, 0.1) is 0 Å². The lowest BCUT2D eigenvalue weighted by Crippen LogP contribution is -2.49. The number of piperidine rings is 1. The lowest BCUT2D eigenvalue weighted by molar-refractivity contribution is 0.347. The SMILES string of the molecule is CC1CCCN(c2nccnc2C#N)C1CN. The Balaban J connectivity index is 2.34. The molecular formula is C12H17N5. The third kappa shape index (κ3) is 2.22. The van der Waals surface area contributed by atoms with E-state index >= 15 is 0 Å². The summed E-state index contributed by atoms with van der Waals surface area (Å²) in [4.78, 5) is 10.5. The topological polar surface area (TPSA) is 78.8 Å². The molecule has 1 aromatic heterocycles. The van der Waals surface area contributed by atoms with Crippen LogP contribution in [0.25, 0.3) is 0 Å². The third-order valence-corrected chi connectivity index (χ3v) is 3.41. The minimum Gasteiger partial charge on any atom is -0.350 e. The molecule has 2 unspecified atom stereocenters. The average molecular weight is 231 g/mol. The van der Waals surface area contributed by atoms with Gasteiger partial charge in [0.25, 0.3) is 0 Å². The molecule has 17 heavy (non-hydrogen) atoms. The summed E-state index contributed by atoms with van der Waals surface area (Å²) in [5, 5.41) is 9.06. The van der Waals surface area contributed by atoms with Crippen molar-refractivity contribution in [3.63, 3.8) is 0 Å². The van der Waals surface area contributed by atoms with Gasteiger partial charge in [-0.2, -0.15) is 5.26 Å². The number of hydrogen-bond donors (Lipinski definition) is 1. The van der Waals surface area contributed by atoms with E-state index in [-0.39, 0.29) is 6.04 Å². The molecule has 1 aromatic rings. The van der Waals surface area contributed by atoms with Crippen LogP contribution in [-0.4, -0.2) is 29.1 Å². The van der Waals surface area contributed by atoms with Crippen LogP contribution in [-0.2, 0) is 0 Å². The number of nitriles is 1. The molecule has 0 bridgehead atoms. The Kier molecular flexibility index (Phi) is 3.55. The van der Waals surface area contributed by atoms with Crippen molar-refractivity contribution in [3.05, 3.63) is 18.1 Å². The van der Waals surface area contributed by atoms with E-state index < -0.39 is 0 Å². The molecule has 0 spiro atoms. The summed E-state index contributed by atoms with van der Waals surface area (Å²) in [6, 6.07) is 2.35. The zero-order chi connectivity index (χ0) is 12.3. The lowest BCUT2D eigenvalue weighted by atomic mass is 9.90. The zero-order valence-corrected chi connectivity index (χ0v) is 10.0. The van der Waals surface area contributed by atoms with Crippen molar-refractivity contribution < 1.29 is 0 Å². The van der Waals surface area contributed by atoms with Crippen LogP contribution in [0.15, 0.2) is 12.4 Å². The van der Waals surface area contributed by atoms with Crippen LogP contribution in [0.5, 0.6) is 0 Å². The molecule has 2 atom stereocenters. The summed E-state index contributed by atoms with van der Waals surface area (Å²) in [7, 11) is 0. The molecule has 2 rings (SSSR count). The predicted octanol–water partition coefficient (Wildman–Crippen LogP) is 0.912. The summed E-state index contributed by atoms with van der Waals surface area (Å²) in [5.74, 6) is 1.21. The monoisotopic (exact) mass is 231 g/mol. The van der Waals surface area contributed by atoms with Crippen molar-refractivity contribution in [2.45, 2.75) is 25.8 Å². The Morgan fingerprint density at radius 1 is 1.53 bits per heavy atom. The molecule has 0 aliphatic carbocycles. The Labute approximate surface area is 101 Å². The molecule has 2 heterocycles. The van der Waals surface area contributed by atoms with Gasteiger partial charge < -0.3 is 10.6 Å². The van der Waals surface area contributed by atoms with Crippen molar-refractivity contribution in [1.29, 1.82) is 5.26 Å². The van der Waals surface area contributed by atoms with Crippen molar-refractivity contribution in [2.75, 3.05) is 18.0 Å². The molecule has 0 saturated carbocycles. The smallest absolute Gasteiger partial charge is 0.183 e. The van der Waals surface area contributed by atoms with Gasteiger partial charge in [0, 0.05) is 31.5 Å². The average Bonchev–Trinajstić information content (AvgIpc) is 2.38. The van der Waals surface area contributed by atoms with Crippen LogP contribution in [0, 0.1) is 17.2 Å². The van der Waals surface area contributed by atoms with Gasteiger partial charge >= 0.3 is 0 Å². The van der Waals surface area contributed by atoms with E-state index in [2.05, 4.69) is 27.9 Å². The fraction of sp³-hybridized carbons (Fsp3) is 0.583. The molecule has 0 radical (unpaired) electrons. The van der Waals surface area contributed by atoms with E-state index in [4.69, 9.17) is 11.0 Å². The Bertz CT molecular complexity index is 425. The van der Waals surface area contributed by atoms with Gasteiger partial charge in [0.15, 0.2) is 11.5 Å². The van der Waals surface area contributed by atoms with Crippen molar-refractivity contribution >= 4 is 5.82 Å². The van der Waals surface area contributed by atoms with Crippen LogP contribution in [0.2, 0.25) is 0 Å². The molecule has 1 saturated heterocycles. The van der Waals surface area contributed by atoms with Gasteiger partial charge in [-0.3, -0.25) is 0 Å². The van der Waals surface area contributed by atoms with E-state index in [1.807, 2.05) is 0 Å². The molecule has 1 fully saturated rings. The van der Waals surface area contributed by atoms with Crippen molar-refractivity contribution in [2.24, 2.45) is 11.7 Å². The second kappa shape index (κ2) is 5.11. The van der Waals surface area contributed by atoms with Gasteiger partial charge in [-0.25, -0.2) is 9.97 Å². The maximum Gasteiger partial charge on any atom is 0.183 e. The first-order valence-electron chi connectivity index (χ1n) is 5.95. The quantitative estimate of drug-likeness (QED) is 0.818. The van der Waals surface area contributed by atoms with E-state index in [9.17, 15) is 0 Å². The second-order valence-electron chi connectivity index (χ2n) is 4.46. The third-order valence-electron chi connectivity index (χ3n) is 3.41. The summed E-state index contributed by atoms with van der Waals surface area (Å²) in [6.45, 7) is 3.69. The number of anilines is 1. The fourth-order valence-corrected chi connectivity index (χ4v) is 2.49. The molecular weight excluding hydrogens is 214 g/mol.